The van der Waals surface area contributed by atoms with Gasteiger partial charge in [0.15, 0.2) is 0 Å². The highest BCUT2D eigenvalue weighted by molar-refractivity contribution is 7.09. The van der Waals surface area contributed by atoms with Crippen molar-refractivity contribution in [3.8, 4) is 0 Å². The topological polar surface area (TPSA) is 37.8 Å². The summed E-state index contributed by atoms with van der Waals surface area (Å²) in [5.41, 5.74) is 0. The number of anilines is 1. The highest BCUT2D eigenvalue weighted by Crippen LogP contribution is 2.29. The number of aromatic nitrogens is 2. The summed E-state index contributed by atoms with van der Waals surface area (Å²) in [6.07, 6.45) is 5.52. The van der Waals surface area contributed by atoms with E-state index in [1.54, 1.807) is 0 Å². The van der Waals surface area contributed by atoms with Gasteiger partial charge in [0.2, 0.25) is 5.13 Å². The first-order valence-corrected chi connectivity index (χ1v) is 7.04. The molecule has 0 bridgehead atoms. The van der Waals surface area contributed by atoms with Crippen molar-refractivity contribution in [2.24, 2.45) is 5.92 Å². The van der Waals surface area contributed by atoms with Crippen LogP contribution in [0.1, 0.15) is 58.2 Å². The fourth-order valence-electron chi connectivity index (χ4n) is 2.30. The minimum atomic E-state index is 0.425. The molecule has 1 aromatic rings. The predicted octanol–water partition coefficient (Wildman–Crippen LogP) is 3.65. The maximum absolute atomic E-state index is 4.52. The molecule has 0 spiro atoms. The first-order valence-electron chi connectivity index (χ1n) is 6.27. The first kappa shape index (κ1) is 11.8. The molecular formula is C12H21N3S. The molecule has 2 rings (SSSR count). The molecule has 0 saturated heterocycles. The molecule has 0 aromatic carbocycles. The molecule has 0 amide bonds. The van der Waals surface area contributed by atoms with E-state index in [1.165, 1.54) is 37.2 Å². The Bertz CT molecular complexity index is 329. The molecule has 1 unspecified atom stereocenters. The molecule has 0 aliphatic heterocycles. The second kappa shape index (κ2) is 5.13. The summed E-state index contributed by atoms with van der Waals surface area (Å²) in [4.78, 5) is 4.52. The van der Waals surface area contributed by atoms with E-state index in [-0.39, 0.29) is 0 Å². The Morgan fingerprint density at radius 2 is 1.94 bits per heavy atom. The molecule has 1 fully saturated rings. The average Bonchev–Trinajstić information content (AvgIpc) is 2.87. The highest BCUT2D eigenvalue weighted by atomic mass is 32.1. The minimum Gasteiger partial charge on any atom is -0.358 e. The Balaban J connectivity index is 1.92. The molecule has 90 valence electrons. The molecule has 0 radical (unpaired) electrons. The Hall–Kier alpha value is -0.640. The zero-order chi connectivity index (χ0) is 11.5. The van der Waals surface area contributed by atoms with Crippen molar-refractivity contribution in [2.45, 2.75) is 58.4 Å². The molecule has 1 atom stereocenters. The second-order valence-corrected chi connectivity index (χ2v) is 5.84. The van der Waals surface area contributed by atoms with Gasteiger partial charge in [-0.05, 0) is 25.7 Å². The number of hydrogen-bond donors (Lipinski definition) is 1. The lowest BCUT2D eigenvalue weighted by atomic mass is 10.0. The molecular weight excluding hydrogens is 218 g/mol. The van der Waals surface area contributed by atoms with Crippen LogP contribution in [0.2, 0.25) is 0 Å². The van der Waals surface area contributed by atoms with E-state index in [9.17, 15) is 0 Å². The van der Waals surface area contributed by atoms with Crippen molar-refractivity contribution < 1.29 is 0 Å². The molecule has 1 aliphatic carbocycles. The summed E-state index contributed by atoms with van der Waals surface area (Å²) in [6.45, 7) is 6.53. The van der Waals surface area contributed by atoms with Crippen molar-refractivity contribution in [3.63, 3.8) is 0 Å². The zero-order valence-corrected chi connectivity index (χ0v) is 11.2. The van der Waals surface area contributed by atoms with Crippen LogP contribution in [0.5, 0.6) is 0 Å². The van der Waals surface area contributed by atoms with Crippen LogP contribution in [-0.2, 0) is 0 Å². The zero-order valence-electron chi connectivity index (χ0n) is 10.4. The van der Waals surface area contributed by atoms with Crippen molar-refractivity contribution in [1.82, 2.24) is 9.36 Å². The van der Waals surface area contributed by atoms with E-state index < -0.39 is 0 Å². The van der Waals surface area contributed by atoms with Crippen LogP contribution in [-0.4, -0.2) is 15.4 Å². The van der Waals surface area contributed by atoms with Crippen molar-refractivity contribution in [3.05, 3.63) is 5.82 Å². The van der Waals surface area contributed by atoms with E-state index in [4.69, 9.17) is 0 Å². The van der Waals surface area contributed by atoms with Gasteiger partial charge in [-0.25, -0.2) is 4.98 Å². The average molecular weight is 239 g/mol. The third kappa shape index (κ3) is 2.73. The molecule has 3 nitrogen and oxygen atoms in total. The number of nitrogens with zero attached hydrogens (tertiary/aromatic N) is 2. The maximum Gasteiger partial charge on any atom is 0.202 e. The molecule has 1 aliphatic rings. The smallest absolute Gasteiger partial charge is 0.202 e. The summed E-state index contributed by atoms with van der Waals surface area (Å²) in [5.74, 6) is 2.21. The summed E-state index contributed by atoms with van der Waals surface area (Å²) < 4.78 is 4.36. The van der Waals surface area contributed by atoms with E-state index in [0.717, 1.165) is 16.9 Å². The lowest BCUT2D eigenvalue weighted by Gasteiger charge is -2.19. The van der Waals surface area contributed by atoms with Gasteiger partial charge in [0, 0.05) is 23.5 Å². The summed E-state index contributed by atoms with van der Waals surface area (Å²) >= 11 is 1.49. The van der Waals surface area contributed by atoms with Crippen molar-refractivity contribution >= 4 is 16.7 Å². The van der Waals surface area contributed by atoms with Crippen LogP contribution in [0.4, 0.5) is 5.13 Å². The molecule has 1 N–H and O–H groups in total. The fraction of sp³-hybridized carbons (Fsp3) is 0.833. The Labute approximate surface area is 102 Å². The molecule has 4 heteroatoms. The van der Waals surface area contributed by atoms with Crippen LogP contribution in [0.15, 0.2) is 0 Å². The molecule has 1 saturated carbocycles. The van der Waals surface area contributed by atoms with Gasteiger partial charge in [0.1, 0.15) is 5.82 Å². The SMILES string of the molecule is CC(C)c1nsc(NC(C)C2CCCC2)n1. The Kier molecular flexibility index (Phi) is 3.79. The predicted molar refractivity (Wildman–Crippen MR) is 69.0 cm³/mol. The lowest BCUT2D eigenvalue weighted by molar-refractivity contribution is 0.482. The lowest BCUT2D eigenvalue weighted by Crippen LogP contribution is -2.23. The monoisotopic (exact) mass is 239 g/mol. The first-order chi connectivity index (χ1) is 7.66. The van der Waals surface area contributed by atoms with Crippen LogP contribution in [0.3, 0.4) is 0 Å². The van der Waals surface area contributed by atoms with E-state index in [1.807, 2.05) is 0 Å². The molecule has 1 heterocycles. The fourth-order valence-corrected chi connectivity index (χ4v) is 3.10. The van der Waals surface area contributed by atoms with Gasteiger partial charge in [-0.2, -0.15) is 4.37 Å². The minimum absolute atomic E-state index is 0.425. The van der Waals surface area contributed by atoms with Crippen LogP contribution >= 0.6 is 11.5 Å². The van der Waals surface area contributed by atoms with Gasteiger partial charge in [0.05, 0.1) is 0 Å². The third-order valence-corrected chi connectivity index (χ3v) is 4.08. The van der Waals surface area contributed by atoms with Crippen molar-refractivity contribution in [2.75, 3.05) is 5.32 Å². The van der Waals surface area contributed by atoms with E-state index in [0.29, 0.717) is 12.0 Å². The van der Waals surface area contributed by atoms with Gasteiger partial charge in [-0.3, -0.25) is 0 Å². The molecule has 16 heavy (non-hydrogen) atoms. The number of hydrogen-bond acceptors (Lipinski definition) is 4. The van der Waals surface area contributed by atoms with Crippen LogP contribution < -0.4 is 5.32 Å². The van der Waals surface area contributed by atoms with E-state index >= 15 is 0 Å². The number of rotatable bonds is 4. The molecule has 1 aromatic heterocycles. The Morgan fingerprint density at radius 3 is 2.50 bits per heavy atom. The van der Waals surface area contributed by atoms with Gasteiger partial charge in [-0.15, -0.1) is 0 Å². The largest absolute Gasteiger partial charge is 0.358 e. The Morgan fingerprint density at radius 1 is 1.25 bits per heavy atom. The van der Waals surface area contributed by atoms with E-state index in [2.05, 4.69) is 35.4 Å². The van der Waals surface area contributed by atoms with Crippen LogP contribution in [0, 0.1) is 5.92 Å². The van der Waals surface area contributed by atoms with Gasteiger partial charge >= 0.3 is 0 Å². The maximum atomic E-state index is 4.52. The quantitative estimate of drug-likeness (QED) is 0.871. The summed E-state index contributed by atoms with van der Waals surface area (Å²) in [5, 5.41) is 4.49. The van der Waals surface area contributed by atoms with Gasteiger partial charge < -0.3 is 5.32 Å². The normalized spacial score (nSPS) is 19.2. The second-order valence-electron chi connectivity index (χ2n) is 5.09. The van der Waals surface area contributed by atoms with Gasteiger partial charge in [0.25, 0.3) is 0 Å². The van der Waals surface area contributed by atoms with Crippen LogP contribution in [0.25, 0.3) is 0 Å². The number of nitrogens with one attached hydrogen (secondary N) is 1. The highest BCUT2D eigenvalue weighted by Gasteiger charge is 2.22. The summed E-state index contributed by atoms with van der Waals surface area (Å²) in [7, 11) is 0. The third-order valence-electron chi connectivity index (χ3n) is 3.42. The van der Waals surface area contributed by atoms with Gasteiger partial charge in [-0.1, -0.05) is 26.7 Å². The summed E-state index contributed by atoms with van der Waals surface area (Å²) in [6, 6.07) is 0.537. The standard InChI is InChI=1S/C12H21N3S/c1-8(2)11-14-12(16-15-11)13-9(3)10-6-4-5-7-10/h8-10H,4-7H2,1-3H3,(H,13,14,15). The van der Waals surface area contributed by atoms with Crippen molar-refractivity contribution in [1.29, 1.82) is 0 Å².